The summed E-state index contributed by atoms with van der Waals surface area (Å²) in [5.74, 6) is 0.620. The van der Waals surface area contributed by atoms with Crippen molar-refractivity contribution in [3.05, 3.63) is 59.8 Å². The maximum absolute atomic E-state index is 13.1. The summed E-state index contributed by atoms with van der Waals surface area (Å²) in [6.07, 6.45) is 0.906. The van der Waals surface area contributed by atoms with Crippen LogP contribution in [0.15, 0.2) is 54.2 Å². The van der Waals surface area contributed by atoms with Crippen LogP contribution in [0.4, 0.5) is 5.69 Å². The lowest BCUT2D eigenvalue weighted by atomic mass is 10.0. The minimum atomic E-state index is -0.388. The summed E-state index contributed by atoms with van der Waals surface area (Å²) in [5, 5.41) is 3.12. The third-order valence-electron chi connectivity index (χ3n) is 4.64. The van der Waals surface area contributed by atoms with Crippen LogP contribution in [0.1, 0.15) is 18.9 Å². The Balaban J connectivity index is 1.97. The van der Waals surface area contributed by atoms with E-state index >= 15 is 0 Å². The molecule has 0 radical (unpaired) electrons. The second kappa shape index (κ2) is 9.93. The molecule has 0 atom stereocenters. The minimum absolute atomic E-state index is 0.179. The Bertz CT molecular complexity index is 937. The molecular formula is C23H26N2O5. The van der Waals surface area contributed by atoms with Gasteiger partial charge in [0.1, 0.15) is 17.2 Å². The SMILES string of the molecule is CCCOc1ccc(C2=C(Nc3cccc(OC)c3)C(=O)N(CCOC)C2=O)cc1. The Labute approximate surface area is 176 Å². The van der Waals surface area contributed by atoms with Crippen molar-refractivity contribution in [3.8, 4) is 11.5 Å². The lowest BCUT2D eigenvalue weighted by Gasteiger charge is -2.14. The number of anilines is 1. The highest BCUT2D eigenvalue weighted by molar-refractivity contribution is 6.36. The first-order valence-corrected chi connectivity index (χ1v) is 9.82. The third kappa shape index (κ3) is 4.63. The Morgan fingerprint density at radius 2 is 1.70 bits per heavy atom. The number of imide groups is 1. The number of carbonyl (C=O) groups excluding carboxylic acids is 2. The van der Waals surface area contributed by atoms with Gasteiger partial charge in [0.2, 0.25) is 0 Å². The van der Waals surface area contributed by atoms with Gasteiger partial charge in [0.05, 0.1) is 32.4 Å². The van der Waals surface area contributed by atoms with Crippen molar-refractivity contribution in [2.45, 2.75) is 13.3 Å². The second-order valence-electron chi connectivity index (χ2n) is 6.73. The lowest BCUT2D eigenvalue weighted by molar-refractivity contribution is -0.137. The Hall–Kier alpha value is -3.32. The fourth-order valence-electron chi connectivity index (χ4n) is 3.13. The monoisotopic (exact) mass is 410 g/mol. The van der Waals surface area contributed by atoms with Crippen molar-refractivity contribution in [1.29, 1.82) is 0 Å². The lowest BCUT2D eigenvalue weighted by Crippen LogP contribution is -2.35. The van der Waals surface area contributed by atoms with Crippen molar-refractivity contribution >= 4 is 23.1 Å². The van der Waals surface area contributed by atoms with E-state index in [1.54, 1.807) is 37.4 Å². The van der Waals surface area contributed by atoms with Crippen molar-refractivity contribution in [2.75, 3.05) is 39.3 Å². The zero-order valence-electron chi connectivity index (χ0n) is 17.4. The first kappa shape index (κ1) is 21.4. The number of nitrogens with one attached hydrogen (secondary N) is 1. The number of benzene rings is 2. The van der Waals surface area contributed by atoms with E-state index in [9.17, 15) is 9.59 Å². The van der Waals surface area contributed by atoms with Gasteiger partial charge in [-0.2, -0.15) is 0 Å². The average molecular weight is 410 g/mol. The van der Waals surface area contributed by atoms with E-state index in [0.717, 1.165) is 12.2 Å². The normalized spacial score (nSPS) is 13.8. The van der Waals surface area contributed by atoms with Gasteiger partial charge in [0.15, 0.2) is 0 Å². The van der Waals surface area contributed by atoms with E-state index < -0.39 is 0 Å². The van der Waals surface area contributed by atoms with Crippen LogP contribution >= 0.6 is 0 Å². The van der Waals surface area contributed by atoms with Crippen LogP contribution in [-0.4, -0.2) is 50.7 Å². The molecule has 7 nitrogen and oxygen atoms in total. The fourth-order valence-corrected chi connectivity index (χ4v) is 3.13. The van der Waals surface area contributed by atoms with Gasteiger partial charge in [-0.15, -0.1) is 0 Å². The summed E-state index contributed by atoms with van der Waals surface area (Å²) in [5.41, 5.74) is 1.84. The topological polar surface area (TPSA) is 77.1 Å². The van der Waals surface area contributed by atoms with Crippen LogP contribution < -0.4 is 14.8 Å². The predicted molar refractivity (Wildman–Crippen MR) is 114 cm³/mol. The van der Waals surface area contributed by atoms with Gasteiger partial charge in [-0.1, -0.05) is 25.1 Å². The molecule has 1 N–H and O–H groups in total. The van der Waals surface area contributed by atoms with Crippen molar-refractivity contribution in [2.24, 2.45) is 0 Å². The molecule has 0 unspecified atom stereocenters. The molecule has 0 saturated heterocycles. The number of carbonyl (C=O) groups is 2. The van der Waals surface area contributed by atoms with Gasteiger partial charge >= 0.3 is 0 Å². The quantitative estimate of drug-likeness (QED) is 0.606. The van der Waals surface area contributed by atoms with Gasteiger partial charge < -0.3 is 19.5 Å². The number of nitrogens with zero attached hydrogens (tertiary/aromatic N) is 1. The highest BCUT2D eigenvalue weighted by Gasteiger charge is 2.39. The Morgan fingerprint density at radius 1 is 0.933 bits per heavy atom. The zero-order chi connectivity index (χ0) is 21.5. The molecule has 0 saturated carbocycles. The largest absolute Gasteiger partial charge is 0.497 e. The van der Waals surface area contributed by atoms with E-state index in [1.807, 2.05) is 25.1 Å². The summed E-state index contributed by atoms with van der Waals surface area (Å²) in [6.45, 7) is 3.10. The van der Waals surface area contributed by atoms with E-state index in [-0.39, 0.29) is 30.7 Å². The maximum Gasteiger partial charge on any atom is 0.278 e. The summed E-state index contributed by atoms with van der Waals surface area (Å²) >= 11 is 0. The van der Waals surface area contributed by atoms with E-state index in [0.29, 0.717) is 29.2 Å². The van der Waals surface area contributed by atoms with Crippen molar-refractivity contribution < 1.29 is 23.8 Å². The van der Waals surface area contributed by atoms with E-state index in [4.69, 9.17) is 14.2 Å². The molecule has 1 heterocycles. The van der Waals surface area contributed by atoms with Crippen molar-refractivity contribution in [1.82, 2.24) is 4.90 Å². The Kier molecular flexibility index (Phi) is 7.08. The molecule has 7 heteroatoms. The van der Waals surface area contributed by atoms with Crippen molar-refractivity contribution in [3.63, 3.8) is 0 Å². The second-order valence-corrected chi connectivity index (χ2v) is 6.73. The summed E-state index contributed by atoms with van der Waals surface area (Å²) in [6, 6.07) is 14.4. The van der Waals surface area contributed by atoms with Gasteiger partial charge in [0.25, 0.3) is 11.8 Å². The summed E-state index contributed by atoms with van der Waals surface area (Å²) in [4.78, 5) is 27.3. The molecular weight excluding hydrogens is 384 g/mol. The third-order valence-corrected chi connectivity index (χ3v) is 4.64. The molecule has 3 rings (SSSR count). The number of hydrogen-bond donors (Lipinski definition) is 1. The number of methoxy groups -OCH3 is 2. The predicted octanol–water partition coefficient (Wildman–Crippen LogP) is 3.32. The maximum atomic E-state index is 13.1. The number of ether oxygens (including phenoxy) is 3. The van der Waals surface area contributed by atoms with E-state index in [2.05, 4.69) is 5.32 Å². The van der Waals surface area contributed by atoms with Gasteiger partial charge in [-0.05, 0) is 36.2 Å². The molecule has 2 amide bonds. The first-order chi connectivity index (χ1) is 14.6. The van der Waals surface area contributed by atoms with Crippen LogP contribution in [0.25, 0.3) is 5.57 Å². The molecule has 30 heavy (non-hydrogen) atoms. The molecule has 1 aliphatic rings. The van der Waals surface area contributed by atoms with Crippen LogP contribution in [-0.2, 0) is 14.3 Å². The van der Waals surface area contributed by atoms with Gasteiger partial charge in [-0.3, -0.25) is 14.5 Å². The molecule has 2 aromatic carbocycles. The molecule has 0 bridgehead atoms. The van der Waals surface area contributed by atoms with Gasteiger partial charge in [0, 0.05) is 18.9 Å². The summed E-state index contributed by atoms with van der Waals surface area (Å²) in [7, 11) is 3.10. The average Bonchev–Trinajstić information content (AvgIpc) is 3.00. The van der Waals surface area contributed by atoms with Crippen LogP contribution in [0.5, 0.6) is 11.5 Å². The Morgan fingerprint density at radius 3 is 2.37 bits per heavy atom. The zero-order valence-corrected chi connectivity index (χ0v) is 17.4. The first-order valence-electron chi connectivity index (χ1n) is 9.82. The molecule has 0 fully saturated rings. The number of amides is 2. The fraction of sp³-hybridized carbons (Fsp3) is 0.304. The number of rotatable bonds is 10. The minimum Gasteiger partial charge on any atom is -0.497 e. The van der Waals surface area contributed by atoms with Crippen LogP contribution in [0.2, 0.25) is 0 Å². The molecule has 1 aliphatic heterocycles. The highest BCUT2D eigenvalue weighted by Crippen LogP contribution is 2.32. The molecule has 0 spiro atoms. The van der Waals surface area contributed by atoms with E-state index in [1.165, 1.54) is 12.0 Å². The standard InChI is InChI=1S/C23H26N2O5/c1-4-13-30-18-10-8-16(9-11-18)20-21(23(27)25(22(20)26)12-14-28-2)24-17-6-5-7-19(15-17)29-3/h5-11,15,24H,4,12-14H2,1-3H3. The van der Waals surface area contributed by atoms with Crippen LogP contribution in [0.3, 0.4) is 0 Å². The molecule has 0 aromatic heterocycles. The molecule has 0 aliphatic carbocycles. The van der Waals surface area contributed by atoms with Crippen LogP contribution in [0, 0.1) is 0 Å². The summed E-state index contributed by atoms with van der Waals surface area (Å²) < 4.78 is 15.9. The number of hydrogen-bond acceptors (Lipinski definition) is 6. The smallest absolute Gasteiger partial charge is 0.278 e. The molecule has 158 valence electrons. The highest BCUT2D eigenvalue weighted by atomic mass is 16.5. The van der Waals surface area contributed by atoms with Gasteiger partial charge in [-0.25, -0.2) is 0 Å². The molecule has 2 aromatic rings.